The van der Waals surface area contributed by atoms with Gasteiger partial charge in [-0.3, -0.25) is 19.9 Å². The van der Waals surface area contributed by atoms with Gasteiger partial charge in [0.1, 0.15) is 5.01 Å². The van der Waals surface area contributed by atoms with E-state index in [9.17, 15) is 9.59 Å². The third-order valence-corrected chi connectivity index (χ3v) is 3.50. The van der Waals surface area contributed by atoms with Crippen molar-refractivity contribution < 1.29 is 4.79 Å². The van der Waals surface area contributed by atoms with Crippen LogP contribution in [0.4, 0.5) is 5.13 Å². The Balaban J connectivity index is 1.79. The predicted molar refractivity (Wildman–Crippen MR) is 78.2 cm³/mol. The molecular weight excluding hydrogens is 290 g/mol. The van der Waals surface area contributed by atoms with Gasteiger partial charge in [0.05, 0.1) is 0 Å². The number of hydrogen-bond acceptors (Lipinski definition) is 6. The van der Waals surface area contributed by atoms with E-state index >= 15 is 0 Å². The molecule has 2 N–H and O–H groups in total. The monoisotopic (exact) mass is 299 g/mol. The number of nitrogens with one attached hydrogen (secondary N) is 2. The number of H-pyrrole nitrogens is 1. The van der Waals surface area contributed by atoms with Crippen LogP contribution >= 0.6 is 11.3 Å². The molecule has 0 spiro atoms. The molecule has 8 heteroatoms. The van der Waals surface area contributed by atoms with Gasteiger partial charge in [-0.2, -0.15) is 0 Å². The van der Waals surface area contributed by atoms with Gasteiger partial charge in [-0.1, -0.05) is 11.3 Å². The Kier molecular flexibility index (Phi) is 3.52. The van der Waals surface area contributed by atoms with Gasteiger partial charge in [-0.15, -0.1) is 10.2 Å². The molecule has 0 saturated heterocycles. The maximum Gasteiger partial charge on any atom is 0.257 e. The van der Waals surface area contributed by atoms with Crippen molar-refractivity contribution in [3.63, 3.8) is 0 Å². The first-order valence-electron chi connectivity index (χ1n) is 5.96. The van der Waals surface area contributed by atoms with E-state index in [4.69, 9.17) is 0 Å². The third kappa shape index (κ3) is 3.00. The molecule has 3 aromatic heterocycles. The fourth-order valence-corrected chi connectivity index (χ4v) is 2.38. The smallest absolute Gasteiger partial charge is 0.257 e. The molecule has 0 aliphatic heterocycles. The molecule has 0 saturated carbocycles. The summed E-state index contributed by atoms with van der Waals surface area (Å²) in [4.78, 5) is 29.5. The van der Waals surface area contributed by atoms with Gasteiger partial charge in [-0.25, -0.2) is 0 Å². The summed E-state index contributed by atoms with van der Waals surface area (Å²) in [6.45, 7) is 0. The molecule has 0 aliphatic rings. The van der Waals surface area contributed by atoms with Crippen LogP contribution in [0.1, 0.15) is 10.4 Å². The molecule has 0 fully saturated rings. The standard InChI is InChI=1S/C13H9N5O2S/c19-10-7-9(3-6-15-10)11(20)16-13-18-17-12(21-13)8-1-4-14-5-2-8/h1-7H,(H,15,19)(H,16,18,20). The Hall–Kier alpha value is -2.87. The first-order valence-corrected chi connectivity index (χ1v) is 6.78. The molecule has 104 valence electrons. The van der Waals surface area contributed by atoms with E-state index in [1.807, 2.05) is 12.1 Å². The SMILES string of the molecule is O=C(Nc1nnc(-c2ccncc2)s1)c1cc[nH]c(=O)c1. The van der Waals surface area contributed by atoms with Crippen molar-refractivity contribution in [2.24, 2.45) is 0 Å². The first kappa shape index (κ1) is 13.1. The molecule has 3 aromatic rings. The number of pyridine rings is 2. The molecule has 1 amide bonds. The van der Waals surface area contributed by atoms with E-state index < -0.39 is 5.91 Å². The summed E-state index contributed by atoms with van der Waals surface area (Å²) in [5, 5.41) is 11.6. The molecule has 7 nitrogen and oxygen atoms in total. The van der Waals surface area contributed by atoms with Gasteiger partial charge in [0.2, 0.25) is 10.7 Å². The highest BCUT2D eigenvalue weighted by molar-refractivity contribution is 7.18. The number of amides is 1. The number of carbonyl (C=O) groups is 1. The first-order chi connectivity index (χ1) is 10.2. The van der Waals surface area contributed by atoms with E-state index in [1.54, 1.807) is 12.4 Å². The van der Waals surface area contributed by atoms with Crippen LogP contribution in [0.2, 0.25) is 0 Å². The summed E-state index contributed by atoms with van der Waals surface area (Å²) in [7, 11) is 0. The fraction of sp³-hybridized carbons (Fsp3) is 0. The molecule has 0 atom stereocenters. The Bertz CT molecular complexity index is 828. The van der Waals surface area contributed by atoms with Crippen LogP contribution in [0.5, 0.6) is 0 Å². The van der Waals surface area contributed by atoms with Gasteiger partial charge in [0.25, 0.3) is 5.91 Å². The van der Waals surface area contributed by atoms with Gasteiger partial charge in [0.15, 0.2) is 0 Å². The van der Waals surface area contributed by atoms with E-state index in [0.29, 0.717) is 10.1 Å². The number of rotatable bonds is 3. The van der Waals surface area contributed by atoms with Crippen LogP contribution in [0.25, 0.3) is 10.6 Å². The predicted octanol–water partition coefficient (Wildman–Crippen LogP) is 1.54. The maximum atomic E-state index is 12.0. The highest BCUT2D eigenvalue weighted by Gasteiger charge is 2.11. The van der Waals surface area contributed by atoms with Crippen LogP contribution in [-0.2, 0) is 0 Å². The molecule has 0 radical (unpaired) electrons. The zero-order chi connectivity index (χ0) is 14.7. The number of aromatic nitrogens is 4. The Morgan fingerprint density at radius 2 is 2.00 bits per heavy atom. The number of carbonyl (C=O) groups excluding carboxylic acids is 1. The Morgan fingerprint density at radius 3 is 2.76 bits per heavy atom. The van der Waals surface area contributed by atoms with Gasteiger partial charge < -0.3 is 4.98 Å². The summed E-state index contributed by atoms with van der Waals surface area (Å²) in [6.07, 6.45) is 4.73. The lowest BCUT2D eigenvalue weighted by Crippen LogP contribution is -2.15. The van der Waals surface area contributed by atoms with Crippen molar-refractivity contribution in [1.82, 2.24) is 20.2 Å². The molecule has 0 aliphatic carbocycles. The second-order valence-corrected chi connectivity index (χ2v) is 5.02. The lowest BCUT2D eigenvalue weighted by atomic mass is 10.2. The van der Waals surface area contributed by atoms with Crippen LogP contribution < -0.4 is 10.9 Å². The molecular formula is C13H9N5O2S. The van der Waals surface area contributed by atoms with Crippen molar-refractivity contribution in [3.8, 4) is 10.6 Å². The zero-order valence-corrected chi connectivity index (χ0v) is 11.4. The van der Waals surface area contributed by atoms with E-state index in [0.717, 1.165) is 5.56 Å². The number of hydrogen-bond donors (Lipinski definition) is 2. The van der Waals surface area contributed by atoms with Crippen molar-refractivity contribution in [1.29, 1.82) is 0 Å². The quantitative estimate of drug-likeness (QED) is 0.764. The second kappa shape index (κ2) is 5.63. The fourth-order valence-electron chi connectivity index (χ4n) is 1.64. The summed E-state index contributed by atoms with van der Waals surface area (Å²) in [6, 6.07) is 6.35. The molecule has 0 aromatic carbocycles. The summed E-state index contributed by atoms with van der Waals surface area (Å²) in [5.41, 5.74) is 0.802. The number of anilines is 1. The van der Waals surface area contributed by atoms with Crippen molar-refractivity contribution >= 4 is 22.4 Å². The largest absolute Gasteiger partial charge is 0.329 e. The van der Waals surface area contributed by atoms with Gasteiger partial charge in [-0.05, 0) is 18.2 Å². The molecule has 0 unspecified atom stereocenters. The minimum Gasteiger partial charge on any atom is -0.329 e. The molecule has 21 heavy (non-hydrogen) atoms. The zero-order valence-electron chi connectivity index (χ0n) is 10.6. The highest BCUT2D eigenvalue weighted by atomic mass is 32.1. The Labute approximate surface area is 122 Å². The summed E-state index contributed by atoms with van der Waals surface area (Å²) >= 11 is 1.25. The average Bonchev–Trinajstić information content (AvgIpc) is 2.97. The normalized spacial score (nSPS) is 10.3. The third-order valence-electron chi connectivity index (χ3n) is 2.61. The molecule has 3 heterocycles. The van der Waals surface area contributed by atoms with E-state index in [2.05, 4.69) is 25.5 Å². The summed E-state index contributed by atoms with van der Waals surface area (Å²) < 4.78 is 0. The van der Waals surface area contributed by atoms with E-state index in [-0.39, 0.29) is 11.1 Å². The van der Waals surface area contributed by atoms with Gasteiger partial charge in [0, 0.05) is 35.8 Å². The topological polar surface area (TPSA) is 101 Å². The second-order valence-electron chi connectivity index (χ2n) is 4.04. The Morgan fingerprint density at radius 1 is 1.19 bits per heavy atom. The molecule has 0 bridgehead atoms. The average molecular weight is 299 g/mol. The maximum absolute atomic E-state index is 12.0. The molecule has 3 rings (SSSR count). The van der Waals surface area contributed by atoms with Gasteiger partial charge >= 0.3 is 0 Å². The lowest BCUT2D eigenvalue weighted by Gasteiger charge is -1.99. The van der Waals surface area contributed by atoms with Crippen LogP contribution in [0.15, 0.2) is 47.7 Å². The minimum absolute atomic E-state index is 0.263. The van der Waals surface area contributed by atoms with E-state index in [1.165, 1.54) is 29.7 Å². The van der Waals surface area contributed by atoms with Crippen molar-refractivity contribution in [2.45, 2.75) is 0 Å². The van der Waals surface area contributed by atoms with Crippen LogP contribution in [0, 0.1) is 0 Å². The minimum atomic E-state index is -0.404. The van der Waals surface area contributed by atoms with Crippen molar-refractivity contribution in [3.05, 3.63) is 58.8 Å². The highest BCUT2D eigenvalue weighted by Crippen LogP contribution is 2.25. The number of aromatic amines is 1. The lowest BCUT2D eigenvalue weighted by molar-refractivity contribution is 0.102. The number of nitrogens with zero attached hydrogens (tertiary/aromatic N) is 3. The van der Waals surface area contributed by atoms with Crippen LogP contribution in [-0.4, -0.2) is 26.1 Å². The van der Waals surface area contributed by atoms with Crippen LogP contribution in [0.3, 0.4) is 0 Å². The van der Waals surface area contributed by atoms with Crippen molar-refractivity contribution in [2.75, 3.05) is 5.32 Å². The summed E-state index contributed by atoms with van der Waals surface area (Å²) in [5.74, 6) is -0.404.